The van der Waals surface area contributed by atoms with Gasteiger partial charge in [-0.05, 0) is 51.4 Å². The van der Waals surface area contributed by atoms with Crippen LogP contribution in [0, 0.1) is 5.92 Å². The molecule has 0 saturated carbocycles. The molecule has 0 amide bonds. The average Bonchev–Trinajstić information content (AvgIpc) is 2.59. The lowest BCUT2D eigenvalue weighted by Crippen LogP contribution is -2.36. The fourth-order valence-electron chi connectivity index (χ4n) is 2.42. The third kappa shape index (κ3) is 7.10. The lowest BCUT2D eigenvalue weighted by molar-refractivity contribution is 0.203. The molecule has 4 N–H and O–H groups in total. The van der Waals surface area contributed by atoms with Crippen molar-refractivity contribution in [3.63, 3.8) is 0 Å². The van der Waals surface area contributed by atoms with Crippen molar-refractivity contribution in [3.8, 4) is 0 Å². The van der Waals surface area contributed by atoms with Crippen molar-refractivity contribution < 1.29 is 0 Å². The smallest absolute Gasteiger partial charge is 0.0762 e. The van der Waals surface area contributed by atoms with Gasteiger partial charge < -0.3 is 11.5 Å². The molecule has 0 aliphatic carbocycles. The van der Waals surface area contributed by atoms with Gasteiger partial charge in [0, 0.05) is 11.4 Å². The highest BCUT2D eigenvalue weighted by molar-refractivity contribution is 8.07. The summed E-state index contributed by atoms with van der Waals surface area (Å²) in [6.45, 7) is 13.4. The molecule has 1 saturated heterocycles. The first kappa shape index (κ1) is 19.6. The number of likely N-dealkylation sites (tertiary alicyclic amines) is 1. The van der Waals surface area contributed by atoms with Crippen LogP contribution in [-0.4, -0.2) is 31.1 Å². The largest absolute Gasteiger partial charge is 0.397 e. The van der Waals surface area contributed by atoms with Gasteiger partial charge in [-0.25, -0.2) is 0 Å². The van der Waals surface area contributed by atoms with Gasteiger partial charge >= 0.3 is 0 Å². The van der Waals surface area contributed by atoms with Gasteiger partial charge in [-0.1, -0.05) is 49.2 Å². The lowest BCUT2D eigenvalue weighted by Gasteiger charge is -2.31. The third-order valence-electron chi connectivity index (χ3n) is 3.92. The Balaban J connectivity index is 2.61. The SMILES string of the molecule is C=C=C(S/C(=C\C)CN1CCC(CN)CC1)/C(N)=C/C=C\C=C. The Bertz CT molecular complexity index is 517. The van der Waals surface area contributed by atoms with Crippen molar-refractivity contribution >= 4 is 11.8 Å². The van der Waals surface area contributed by atoms with Crippen LogP contribution in [0.5, 0.6) is 0 Å². The van der Waals surface area contributed by atoms with Crippen LogP contribution in [0.3, 0.4) is 0 Å². The van der Waals surface area contributed by atoms with Gasteiger partial charge in [0.05, 0.1) is 10.6 Å². The molecule has 4 heteroatoms. The fourth-order valence-corrected chi connectivity index (χ4v) is 3.31. The van der Waals surface area contributed by atoms with Crippen LogP contribution >= 0.6 is 11.8 Å². The van der Waals surface area contributed by atoms with Crippen LogP contribution in [0.2, 0.25) is 0 Å². The van der Waals surface area contributed by atoms with Crippen LogP contribution in [-0.2, 0) is 0 Å². The van der Waals surface area contributed by atoms with Crippen LogP contribution in [0.25, 0.3) is 0 Å². The van der Waals surface area contributed by atoms with E-state index in [1.54, 1.807) is 17.8 Å². The predicted molar refractivity (Wildman–Crippen MR) is 104 cm³/mol. The summed E-state index contributed by atoms with van der Waals surface area (Å²) in [5.41, 5.74) is 15.5. The average molecular weight is 332 g/mol. The Kier molecular flexibility index (Phi) is 9.49. The van der Waals surface area contributed by atoms with E-state index in [4.69, 9.17) is 11.5 Å². The standard InChI is InChI=1S/C19H29N3S/c1-4-7-8-9-18(21)19(6-3)23-17(5-2)15-22-12-10-16(14-20)11-13-22/h4-5,7-9,16H,1,3,10-15,20-21H2,2H3/b8-7-,17-5-,18-9-. The molecule has 1 heterocycles. The van der Waals surface area contributed by atoms with E-state index in [1.165, 1.54) is 17.7 Å². The molecular weight excluding hydrogens is 302 g/mol. The molecule has 1 aliphatic rings. The normalized spacial score (nSPS) is 18.2. The van der Waals surface area contributed by atoms with Crippen LogP contribution in [0.4, 0.5) is 0 Å². The molecule has 0 aromatic rings. The molecule has 0 aromatic heterocycles. The van der Waals surface area contributed by atoms with E-state index in [-0.39, 0.29) is 0 Å². The van der Waals surface area contributed by atoms with E-state index < -0.39 is 0 Å². The van der Waals surface area contributed by atoms with E-state index >= 15 is 0 Å². The minimum Gasteiger partial charge on any atom is -0.397 e. The molecular formula is C19H29N3S. The third-order valence-corrected chi connectivity index (χ3v) is 5.13. The van der Waals surface area contributed by atoms with Crippen molar-refractivity contribution in [2.45, 2.75) is 19.8 Å². The molecule has 0 bridgehead atoms. The number of allylic oxidation sites excluding steroid dienone is 5. The quantitative estimate of drug-likeness (QED) is 0.527. The summed E-state index contributed by atoms with van der Waals surface area (Å²) in [5, 5.41) is 0. The maximum absolute atomic E-state index is 6.10. The molecule has 0 aromatic carbocycles. The van der Waals surface area contributed by atoms with E-state index in [0.717, 1.165) is 31.1 Å². The van der Waals surface area contributed by atoms with Crippen molar-refractivity contribution in [3.05, 3.63) is 64.8 Å². The summed E-state index contributed by atoms with van der Waals surface area (Å²) >= 11 is 1.64. The summed E-state index contributed by atoms with van der Waals surface area (Å²) in [6.07, 6.45) is 11.8. The predicted octanol–water partition coefficient (Wildman–Crippen LogP) is 3.55. The molecule has 1 aliphatic heterocycles. The van der Waals surface area contributed by atoms with Gasteiger partial charge in [-0.3, -0.25) is 4.90 Å². The highest BCUT2D eigenvalue weighted by Crippen LogP contribution is 2.29. The summed E-state index contributed by atoms with van der Waals surface area (Å²) in [5.74, 6) is 0.687. The highest BCUT2D eigenvalue weighted by atomic mass is 32.2. The second-order valence-electron chi connectivity index (χ2n) is 5.56. The van der Waals surface area contributed by atoms with E-state index in [2.05, 4.69) is 36.8 Å². The van der Waals surface area contributed by atoms with E-state index in [9.17, 15) is 0 Å². The Labute approximate surface area is 145 Å². The minimum absolute atomic E-state index is 0.671. The van der Waals surface area contributed by atoms with Gasteiger partial charge in [0.1, 0.15) is 0 Å². The van der Waals surface area contributed by atoms with Crippen LogP contribution in [0.15, 0.2) is 64.8 Å². The Morgan fingerprint density at radius 2 is 2.04 bits per heavy atom. The zero-order valence-corrected chi connectivity index (χ0v) is 14.9. The number of hydrogen-bond donors (Lipinski definition) is 2. The molecule has 0 unspecified atom stereocenters. The first-order valence-electron chi connectivity index (χ1n) is 8.05. The molecule has 1 rings (SSSR count). The lowest BCUT2D eigenvalue weighted by atomic mass is 9.97. The van der Waals surface area contributed by atoms with Crippen LogP contribution < -0.4 is 11.5 Å². The van der Waals surface area contributed by atoms with Crippen molar-refractivity contribution in [2.24, 2.45) is 17.4 Å². The summed E-state index contributed by atoms with van der Waals surface area (Å²) in [7, 11) is 0. The number of piperidine rings is 1. The van der Waals surface area contributed by atoms with Gasteiger partial charge in [-0.15, -0.1) is 5.73 Å². The second kappa shape index (κ2) is 11.1. The minimum atomic E-state index is 0.671. The summed E-state index contributed by atoms with van der Waals surface area (Å²) < 4.78 is 0. The number of rotatable bonds is 8. The summed E-state index contributed by atoms with van der Waals surface area (Å²) in [6, 6.07) is 0. The molecule has 23 heavy (non-hydrogen) atoms. The van der Waals surface area contributed by atoms with Crippen LogP contribution in [0.1, 0.15) is 19.8 Å². The van der Waals surface area contributed by atoms with E-state index in [1.807, 2.05) is 18.2 Å². The number of nitrogens with two attached hydrogens (primary N) is 2. The van der Waals surface area contributed by atoms with Gasteiger partial charge in [0.2, 0.25) is 0 Å². The van der Waals surface area contributed by atoms with Crippen molar-refractivity contribution in [2.75, 3.05) is 26.2 Å². The Hall–Kier alpha value is -1.45. The number of hydrogen-bond acceptors (Lipinski definition) is 4. The maximum Gasteiger partial charge on any atom is 0.0762 e. The molecule has 0 atom stereocenters. The topological polar surface area (TPSA) is 55.3 Å². The van der Waals surface area contributed by atoms with Gasteiger partial charge in [0.15, 0.2) is 0 Å². The van der Waals surface area contributed by atoms with E-state index in [0.29, 0.717) is 11.6 Å². The summed E-state index contributed by atoms with van der Waals surface area (Å²) in [4.78, 5) is 4.61. The first-order valence-corrected chi connectivity index (χ1v) is 8.87. The molecule has 0 radical (unpaired) electrons. The number of thioether (sulfide) groups is 1. The van der Waals surface area contributed by atoms with Gasteiger partial charge in [0.25, 0.3) is 0 Å². The van der Waals surface area contributed by atoms with Crippen molar-refractivity contribution in [1.82, 2.24) is 4.90 Å². The number of nitrogens with zero attached hydrogens (tertiary/aromatic N) is 1. The Morgan fingerprint density at radius 3 is 2.57 bits per heavy atom. The molecule has 1 fully saturated rings. The monoisotopic (exact) mass is 331 g/mol. The maximum atomic E-state index is 6.10. The molecule has 126 valence electrons. The highest BCUT2D eigenvalue weighted by Gasteiger charge is 2.19. The fraction of sp³-hybridized carbons (Fsp3) is 0.421. The van der Waals surface area contributed by atoms with Crippen molar-refractivity contribution in [1.29, 1.82) is 0 Å². The molecule has 0 spiro atoms. The zero-order chi connectivity index (χ0) is 17.1. The first-order chi connectivity index (χ1) is 11.1. The molecule has 3 nitrogen and oxygen atoms in total. The zero-order valence-electron chi connectivity index (χ0n) is 14.1. The second-order valence-corrected chi connectivity index (χ2v) is 6.70. The van der Waals surface area contributed by atoms with Gasteiger partial charge in [-0.2, -0.15) is 0 Å². The Morgan fingerprint density at radius 1 is 1.35 bits per heavy atom.